The Hall–Kier alpha value is -1.12. The first kappa shape index (κ1) is 12.3. The molecule has 0 spiro atoms. The minimum atomic E-state index is 0.822. The normalized spacial score (nSPS) is 10.2. The lowest BCUT2D eigenvalue weighted by Crippen LogP contribution is -1.84. The molecule has 17 heavy (non-hydrogen) atoms. The van der Waals surface area contributed by atoms with Gasteiger partial charge in [-0.15, -0.1) is 11.8 Å². The van der Waals surface area contributed by atoms with E-state index in [2.05, 4.69) is 12.1 Å². The molecule has 0 N–H and O–H groups in total. The predicted octanol–water partition coefficient (Wildman–Crippen LogP) is 4.64. The lowest BCUT2D eigenvalue weighted by atomic mass is 10.2. The van der Waals surface area contributed by atoms with Crippen molar-refractivity contribution in [1.82, 2.24) is 0 Å². The monoisotopic (exact) mass is 264 g/mol. The van der Waals surface area contributed by atoms with Gasteiger partial charge >= 0.3 is 0 Å². The van der Waals surface area contributed by atoms with E-state index in [-0.39, 0.29) is 0 Å². The van der Waals surface area contributed by atoms with Gasteiger partial charge in [0.05, 0.1) is 7.11 Å². The first-order chi connectivity index (χ1) is 8.29. The molecule has 0 aliphatic carbocycles. The molecule has 0 bridgehead atoms. The van der Waals surface area contributed by atoms with Gasteiger partial charge in [-0.2, -0.15) is 0 Å². The van der Waals surface area contributed by atoms with E-state index in [0.717, 1.165) is 22.1 Å². The van der Waals surface area contributed by atoms with Gasteiger partial charge in [-0.25, -0.2) is 0 Å². The van der Waals surface area contributed by atoms with Crippen molar-refractivity contribution in [2.45, 2.75) is 10.6 Å². The van der Waals surface area contributed by atoms with Gasteiger partial charge in [-0.05, 0) is 29.8 Å². The largest absolute Gasteiger partial charge is 0.497 e. The summed E-state index contributed by atoms with van der Waals surface area (Å²) >= 11 is 7.86. The maximum absolute atomic E-state index is 6.11. The van der Waals surface area contributed by atoms with Crippen molar-refractivity contribution >= 4 is 23.4 Å². The summed E-state index contributed by atoms with van der Waals surface area (Å²) < 4.78 is 5.19. The fraction of sp³-hybridized carbons (Fsp3) is 0.143. The topological polar surface area (TPSA) is 9.23 Å². The van der Waals surface area contributed by atoms with E-state index in [1.807, 2.05) is 36.4 Å². The summed E-state index contributed by atoms with van der Waals surface area (Å²) in [5.74, 6) is 1.75. The van der Waals surface area contributed by atoms with Crippen LogP contribution in [0, 0.1) is 0 Å². The van der Waals surface area contributed by atoms with Crippen molar-refractivity contribution < 1.29 is 4.74 Å². The van der Waals surface area contributed by atoms with E-state index in [9.17, 15) is 0 Å². The number of ether oxygens (including phenoxy) is 1. The Morgan fingerprint density at radius 2 is 1.94 bits per heavy atom. The van der Waals surface area contributed by atoms with Crippen LogP contribution in [0.3, 0.4) is 0 Å². The van der Waals surface area contributed by atoms with E-state index in [0.29, 0.717) is 0 Å². The van der Waals surface area contributed by atoms with Gasteiger partial charge in [-0.3, -0.25) is 0 Å². The van der Waals surface area contributed by atoms with Gasteiger partial charge in [-0.1, -0.05) is 35.9 Å². The summed E-state index contributed by atoms with van der Waals surface area (Å²) in [6.07, 6.45) is 0. The molecule has 2 rings (SSSR count). The van der Waals surface area contributed by atoms with Gasteiger partial charge < -0.3 is 4.74 Å². The van der Waals surface area contributed by atoms with Gasteiger partial charge in [0, 0.05) is 15.7 Å². The lowest BCUT2D eigenvalue weighted by molar-refractivity contribution is 0.413. The third-order valence-electron chi connectivity index (χ3n) is 2.39. The fourth-order valence-electron chi connectivity index (χ4n) is 1.47. The van der Waals surface area contributed by atoms with Gasteiger partial charge in [0.15, 0.2) is 0 Å². The summed E-state index contributed by atoms with van der Waals surface area (Å²) in [7, 11) is 1.68. The highest BCUT2D eigenvalue weighted by molar-refractivity contribution is 7.98. The second-order valence-electron chi connectivity index (χ2n) is 3.56. The van der Waals surface area contributed by atoms with E-state index in [4.69, 9.17) is 16.3 Å². The number of methoxy groups -OCH3 is 1. The molecule has 0 radical (unpaired) electrons. The number of hydrogen-bond donors (Lipinski definition) is 0. The lowest BCUT2D eigenvalue weighted by Gasteiger charge is -2.05. The maximum Gasteiger partial charge on any atom is 0.119 e. The second kappa shape index (κ2) is 5.99. The molecule has 0 aliphatic rings. The first-order valence-electron chi connectivity index (χ1n) is 5.30. The van der Waals surface area contributed by atoms with Gasteiger partial charge in [0.1, 0.15) is 5.75 Å². The third kappa shape index (κ3) is 3.42. The van der Waals surface area contributed by atoms with E-state index in [1.165, 1.54) is 4.90 Å². The highest BCUT2D eigenvalue weighted by Crippen LogP contribution is 2.28. The van der Waals surface area contributed by atoms with Crippen LogP contribution < -0.4 is 4.74 Å². The summed E-state index contributed by atoms with van der Waals surface area (Å²) in [6.45, 7) is 0. The SMILES string of the molecule is COc1cccc(SCc2ccccc2Cl)c1. The van der Waals surface area contributed by atoms with Crippen LogP contribution in [-0.4, -0.2) is 7.11 Å². The Morgan fingerprint density at radius 3 is 2.71 bits per heavy atom. The van der Waals surface area contributed by atoms with Crippen molar-refractivity contribution in [2.24, 2.45) is 0 Å². The van der Waals surface area contributed by atoms with Crippen LogP contribution in [0.15, 0.2) is 53.4 Å². The summed E-state index contributed by atoms with van der Waals surface area (Å²) in [4.78, 5) is 1.18. The zero-order chi connectivity index (χ0) is 12.1. The Morgan fingerprint density at radius 1 is 1.12 bits per heavy atom. The van der Waals surface area contributed by atoms with Gasteiger partial charge in [0.2, 0.25) is 0 Å². The molecule has 0 heterocycles. The van der Waals surface area contributed by atoms with E-state index in [1.54, 1.807) is 18.9 Å². The van der Waals surface area contributed by atoms with Crippen LogP contribution in [0.2, 0.25) is 5.02 Å². The minimum absolute atomic E-state index is 0.822. The molecule has 0 unspecified atom stereocenters. The second-order valence-corrected chi connectivity index (χ2v) is 5.02. The molecule has 0 aromatic heterocycles. The van der Waals surface area contributed by atoms with Crippen molar-refractivity contribution in [3.63, 3.8) is 0 Å². The maximum atomic E-state index is 6.11. The van der Waals surface area contributed by atoms with E-state index < -0.39 is 0 Å². The molecular formula is C14H13ClOS. The third-order valence-corrected chi connectivity index (χ3v) is 3.80. The molecule has 2 aromatic carbocycles. The number of rotatable bonds is 4. The average Bonchev–Trinajstić information content (AvgIpc) is 2.38. The molecule has 0 atom stereocenters. The quantitative estimate of drug-likeness (QED) is 0.744. The average molecular weight is 265 g/mol. The summed E-state index contributed by atoms with van der Waals surface area (Å²) in [5, 5.41) is 0.822. The van der Waals surface area contributed by atoms with Crippen molar-refractivity contribution in [2.75, 3.05) is 7.11 Å². The number of benzene rings is 2. The first-order valence-corrected chi connectivity index (χ1v) is 6.66. The molecule has 0 saturated heterocycles. The van der Waals surface area contributed by atoms with Crippen LogP contribution in [0.5, 0.6) is 5.75 Å². The Kier molecular flexibility index (Phi) is 4.35. The predicted molar refractivity (Wildman–Crippen MR) is 74.0 cm³/mol. The number of hydrogen-bond acceptors (Lipinski definition) is 2. The van der Waals surface area contributed by atoms with Crippen molar-refractivity contribution in [1.29, 1.82) is 0 Å². The van der Waals surface area contributed by atoms with Crippen LogP contribution in [-0.2, 0) is 5.75 Å². The minimum Gasteiger partial charge on any atom is -0.497 e. The Balaban J connectivity index is 2.05. The van der Waals surface area contributed by atoms with Crippen LogP contribution >= 0.6 is 23.4 Å². The highest BCUT2D eigenvalue weighted by Gasteiger charge is 2.01. The Bertz CT molecular complexity index is 499. The number of thioether (sulfide) groups is 1. The van der Waals surface area contributed by atoms with Crippen LogP contribution in [0.1, 0.15) is 5.56 Å². The van der Waals surface area contributed by atoms with Gasteiger partial charge in [0.25, 0.3) is 0 Å². The molecule has 0 amide bonds. The molecular weight excluding hydrogens is 252 g/mol. The fourth-order valence-corrected chi connectivity index (χ4v) is 2.70. The zero-order valence-electron chi connectivity index (χ0n) is 9.52. The number of halogens is 1. The smallest absolute Gasteiger partial charge is 0.119 e. The zero-order valence-corrected chi connectivity index (χ0v) is 11.1. The molecule has 0 fully saturated rings. The standard InChI is InChI=1S/C14H13ClOS/c1-16-12-6-4-7-13(9-12)17-10-11-5-2-3-8-14(11)15/h2-9H,10H2,1H3. The van der Waals surface area contributed by atoms with Crippen LogP contribution in [0.4, 0.5) is 0 Å². The van der Waals surface area contributed by atoms with E-state index >= 15 is 0 Å². The van der Waals surface area contributed by atoms with Crippen molar-refractivity contribution in [3.8, 4) is 5.75 Å². The highest BCUT2D eigenvalue weighted by atomic mass is 35.5. The molecule has 1 nitrogen and oxygen atoms in total. The molecule has 88 valence electrons. The van der Waals surface area contributed by atoms with Crippen molar-refractivity contribution in [3.05, 3.63) is 59.1 Å². The Labute approximate surface area is 111 Å². The molecule has 0 saturated carbocycles. The molecule has 2 aromatic rings. The summed E-state index contributed by atoms with van der Waals surface area (Å²) in [6, 6.07) is 16.0. The summed E-state index contributed by atoms with van der Waals surface area (Å²) in [5.41, 5.74) is 1.15. The molecule has 0 aliphatic heterocycles. The van der Waals surface area contributed by atoms with Crippen LogP contribution in [0.25, 0.3) is 0 Å². The molecule has 3 heteroatoms.